The summed E-state index contributed by atoms with van der Waals surface area (Å²) in [5, 5.41) is 1.18. The molecular weight excluding hydrogens is 308 g/mol. The van der Waals surface area contributed by atoms with Gasteiger partial charge in [0.05, 0.1) is 12.3 Å². The highest BCUT2D eigenvalue weighted by Crippen LogP contribution is 2.39. The highest BCUT2D eigenvalue weighted by Gasteiger charge is 2.33. The number of esters is 1. The SMILES string of the molecule is CCOC(=O)c1sc2ccccc2c1N1CCN(C2CC2)CC1. The number of rotatable bonds is 4. The van der Waals surface area contributed by atoms with E-state index < -0.39 is 0 Å². The third-order valence-electron chi connectivity index (χ3n) is 4.72. The normalized spacial score (nSPS) is 19.3. The molecule has 2 heterocycles. The zero-order chi connectivity index (χ0) is 15.8. The molecule has 0 unspecified atom stereocenters. The second-order valence-corrected chi connectivity index (χ2v) is 7.30. The van der Waals surface area contributed by atoms with E-state index >= 15 is 0 Å². The molecule has 0 spiro atoms. The summed E-state index contributed by atoms with van der Waals surface area (Å²) in [5.74, 6) is -0.187. The summed E-state index contributed by atoms with van der Waals surface area (Å²) >= 11 is 1.56. The Morgan fingerprint density at radius 1 is 1.22 bits per heavy atom. The molecule has 0 bridgehead atoms. The van der Waals surface area contributed by atoms with Crippen molar-refractivity contribution in [3.63, 3.8) is 0 Å². The highest BCUT2D eigenvalue weighted by atomic mass is 32.1. The van der Waals surface area contributed by atoms with Crippen LogP contribution in [0.3, 0.4) is 0 Å². The number of nitrogens with zero attached hydrogens (tertiary/aromatic N) is 2. The van der Waals surface area contributed by atoms with E-state index in [4.69, 9.17) is 4.74 Å². The fraction of sp³-hybridized carbons (Fsp3) is 0.500. The lowest BCUT2D eigenvalue weighted by atomic mass is 10.1. The molecule has 1 saturated heterocycles. The summed E-state index contributed by atoms with van der Waals surface area (Å²) in [7, 11) is 0. The van der Waals surface area contributed by atoms with Crippen molar-refractivity contribution in [3.8, 4) is 0 Å². The Morgan fingerprint density at radius 3 is 2.65 bits per heavy atom. The summed E-state index contributed by atoms with van der Waals surface area (Å²) in [6, 6.07) is 9.11. The number of ether oxygens (including phenoxy) is 1. The van der Waals surface area contributed by atoms with Crippen LogP contribution in [-0.4, -0.2) is 49.7 Å². The monoisotopic (exact) mass is 330 g/mol. The topological polar surface area (TPSA) is 32.8 Å². The van der Waals surface area contributed by atoms with E-state index in [1.165, 1.54) is 18.2 Å². The second kappa shape index (κ2) is 6.13. The number of hydrogen-bond donors (Lipinski definition) is 0. The summed E-state index contributed by atoms with van der Waals surface area (Å²) < 4.78 is 6.45. The van der Waals surface area contributed by atoms with Crippen LogP contribution in [0.25, 0.3) is 10.1 Å². The molecule has 4 nitrogen and oxygen atoms in total. The molecule has 0 radical (unpaired) electrons. The molecule has 2 aliphatic rings. The predicted octanol–water partition coefficient (Wildman–Crippen LogP) is 3.36. The molecule has 1 aliphatic heterocycles. The fourth-order valence-corrected chi connectivity index (χ4v) is 4.55. The number of carbonyl (C=O) groups excluding carboxylic acids is 1. The van der Waals surface area contributed by atoms with E-state index in [-0.39, 0.29) is 5.97 Å². The molecule has 5 heteroatoms. The Bertz CT molecular complexity index is 715. The lowest BCUT2D eigenvalue weighted by Crippen LogP contribution is -2.47. The van der Waals surface area contributed by atoms with Gasteiger partial charge in [0.1, 0.15) is 4.88 Å². The number of fused-ring (bicyclic) bond motifs is 1. The number of carbonyl (C=O) groups is 1. The Hall–Kier alpha value is -1.59. The molecule has 2 fully saturated rings. The third kappa shape index (κ3) is 2.83. The van der Waals surface area contributed by atoms with Crippen LogP contribution in [0.1, 0.15) is 29.4 Å². The van der Waals surface area contributed by atoms with Gasteiger partial charge >= 0.3 is 5.97 Å². The van der Waals surface area contributed by atoms with Gasteiger partial charge in [-0.25, -0.2) is 4.79 Å². The van der Waals surface area contributed by atoms with Gasteiger partial charge in [0.25, 0.3) is 0 Å². The summed E-state index contributed by atoms with van der Waals surface area (Å²) in [5.41, 5.74) is 1.08. The van der Waals surface area contributed by atoms with Gasteiger partial charge in [0, 0.05) is 42.3 Å². The molecule has 1 aromatic carbocycles. The minimum Gasteiger partial charge on any atom is -0.462 e. The van der Waals surface area contributed by atoms with E-state index in [9.17, 15) is 4.79 Å². The van der Waals surface area contributed by atoms with Crippen molar-refractivity contribution in [2.45, 2.75) is 25.8 Å². The summed E-state index contributed by atoms with van der Waals surface area (Å²) in [6.07, 6.45) is 2.71. The highest BCUT2D eigenvalue weighted by molar-refractivity contribution is 7.21. The van der Waals surface area contributed by atoms with Crippen LogP contribution < -0.4 is 4.90 Å². The minimum absolute atomic E-state index is 0.187. The van der Waals surface area contributed by atoms with Gasteiger partial charge in [-0.15, -0.1) is 11.3 Å². The molecule has 23 heavy (non-hydrogen) atoms. The van der Waals surface area contributed by atoms with Crippen LogP contribution in [0.4, 0.5) is 5.69 Å². The number of thiophene rings is 1. The summed E-state index contributed by atoms with van der Waals surface area (Å²) in [4.78, 5) is 18.1. The van der Waals surface area contributed by atoms with Crippen molar-refractivity contribution in [1.82, 2.24) is 4.90 Å². The number of benzene rings is 1. The molecule has 1 saturated carbocycles. The molecule has 2 aromatic rings. The van der Waals surface area contributed by atoms with Crippen LogP contribution >= 0.6 is 11.3 Å². The molecule has 122 valence electrons. The first-order chi connectivity index (χ1) is 11.3. The number of piperazine rings is 1. The van der Waals surface area contributed by atoms with E-state index in [0.29, 0.717) is 6.61 Å². The molecule has 0 N–H and O–H groups in total. The molecule has 0 amide bonds. The van der Waals surface area contributed by atoms with E-state index in [0.717, 1.165) is 47.5 Å². The second-order valence-electron chi connectivity index (χ2n) is 6.25. The van der Waals surface area contributed by atoms with E-state index in [2.05, 4.69) is 21.9 Å². The predicted molar refractivity (Wildman–Crippen MR) is 94.6 cm³/mol. The number of hydrogen-bond acceptors (Lipinski definition) is 5. The van der Waals surface area contributed by atoms with Crippen LogP contribution in [-0.2, 0) is 4.74 Å². The van der Waals surface area contributed by atoms with Crippen LogP contribution in [0.5, 0.6) is 0 Å². The quantitative estimate of drug-likeness (QED) is 0.805. The lowest BCUT2D eigenvalue weighted by Gasteiger charge is -2.36. The first-order valence-corrected chi connectivity index (χ1v) is 9.27. The Balaban J connectivity index is 1.66. The zero-order valence-electron chi connectivity index (χ0n) is 13.5. The van der Waals surface area contributed by atoms with Gasteiger partial charge in [-0.3, -0.25) is 4.90 Å². The van der Waals surface area contributed by atoms with Crippen molar-refractivity contribution < 1.29 is 9.53 Å². The molecule has 0 atom stereocenters. The third-order valence-corrected chi connectivity index (χ3v) is 5.86. The van der Waals surface area contributed by atoms with Gasteiger partial charge in [0.2, 0.25) is 0 Å². The van der Waals surface area contributed by atoms with Gasteiger partial charge < -0.3 is 9.64 Å². The van der Waals surface area contributed by atoms with Gasteiger partial charge in [-0.05, 0) is 25.8 Å². The van der Waals surface area contributed by atoms with E-state index in [1.807, 2.05) is 19.1 Å². The van der Waals surface area contributed by atoms with Gasteiger partial charge in [-0.2, -0.15) is 0 Å². The molecule has 1 aromatic heterocycles. The van der Waals surface area contributed by atoms with Crippen LogP contribution in [0.2, 0.25) is 0 Å². The first kappa shape index (κ1) is 15.0. The van der Waals surface area contributed by atoms with Crippen LogP contribution in [0, 0.1) is 0 Å². The molecular formula is C18H22N2O2S. The van der Waals surface area contributed by atoms with Crippen molar-refractivity contribution in [3.05, 3.63) is 29.1 Å². The van der Waals surface area contributed by atoms with Gasteiger partial charge in [-0.1, -0.05) is 18.2 Å². The maximum Gasteiger partial charge on any atom is 0.350 e. The summed E-state index contributed by atoms with van der Waals surface area (Å²) in [6.45, 7) is 6.45. The Kier molecular flexibility index (Phi) is 3.99. The minimum atomic E-state index is -0.187. The Morgan fingerprint density at radius 2 is 1.96 bits per heavy atom. The van der Waals surface area contributed by atoms with Gasteiger partial charge in [0.15, 0.2) is 0 Å². The van der Waals surface area contributed by atoms with Crippen molar-refractivity contribution in [1.29, 1.82) is 0 Å². The first-order valence-electron chi connectivity index (χ1n) is 8.45. The Labute approximate surface area is 140 Å². The average Bonchev–Trinajstić information content (AvgIpc) is 3.35. The van der Waals surface area contributed by atoms with Crippen molar-refractivity contribution >= 4 is 33.1 Å². The lowest BCUT2D eigenvalue weighted by molar-refractivity contribution is 0.0532. The van der Waals surface area contributed by atoms with Crippen molar-refractivity contribution in [2.24, 2.45) is 0 Å². The fourth-order valence-electron chi connectivity index (χ4n) is 3.43. The number of anilines is 1. The maximum absolute atomic E-state index is 12.4. The van der Waals surface area contributed by atoms with E-state index in [1.54, 1.807) is 11.3 Å². The van der Waals surface area contributed by atoms with Crippen molar-refractivity contribution in [2.75, 3.05) is 37.7 Å². The van der Waals surface area contributed by atoms with Crippen LogP contribution in [0.15, 0.2) is 24.3 Å². The zero-order valence-corrected chi connectivity index (χ0v) is 14.3. The standard InChI is InChI=1S/C18H22N2O2S/c1-2-22-18(21)17-16(14-5-3-4-6-15(14)23-17)20-11-9-19(10-12-20)13-7-8-13/h3-6,13H,2,7-12H2,1H3. The smallest absolute Gasteiger partial charge is 0.350 e. The molecule has 4 rings (SSSR count). The maximum atomic E-state index is 12.4. The average molecular weight is 330 g/mol. The molecule has 1 aliphatic carbocycles. The largest absolute Gasteiger partial charge is 0.462 e.